The highest BCUT2D eigenvalue weighted by Gasteiger charge is 2.07. The first-order valence-electron chi connectivity index (χ1n) is 10.1. The Bertz CT molecular complexity index is 1590. The van der Waals surface area contributed by atoms with Crippen molar-refractivity contribution in [2.75, 3.05) is 0 Å². The summed E-state index contributed by atoms with van der Waals surface area (Å²) in [7, 11) is 0. The lowest BCUT2D eigenvalue weighted by Gasteiger charge is -2.08. The van der Waals surface area contributed by atoms with Crippen LogP contribution < -0.4 is 0 Å². The van der Waals surface area contributed by atoms with E-state index in [1.165, 1.54) is 0 Å². The lowest BCUT2D eigenvalue weighted by atomic mass is 10.0. The molecule has 0 N–H and O–H groups in total. The molecule has 6 rings (SSSR count). The number of rotatable bonds is 2. The second-order valence-electron chi connectivity index (χ2n) is 7.52. The second kappa shape index (κ2) is 7.25. The topological polar surface area (TPSA) is 38.7 Å². The average Bonchev–Trinajstić information content (AvgIpc) is 2.83. The van der Waals surface area contributed by atoms with Crippen LogP contribution in [0.3, 0.4) is 0 Å². The molecule has 0 fully saturated rings. The van der Waals surface area contributed by atoms with Gasteiger partial charge in [0, 0.05) is 38.0 Å². The van der Waals surface area contributed by atoms with Crippen LogP contribution in [0.2, 0.25) is 0 Å². The van der Waals surface area contributed by atoms with Crippen LogP contribution in [0, 0.1) is 0 Å². The van der Waals surface area contributed by atoms with Crippen molar-refractivity contribution >= 4 is 48.6 Å². The lowest BCUT2D eigenvalue weighted by molar-refractivity contribution is 1.36. The molecule has 0 aliphatic rings. The fourth-order valence-corrected chi connectivity index (χ4v) is 4.33. The van der Waals surface area contributed by atoms with Crippen molar-refractivity contribution in [2.45, 2.75) is 0 Å². The molecular weight excluding hydrogens is 446 g/mol. The van der Waals surface area contributed by atoms with Crippen LogP contribution in [-0.4, -0.2) is 15.0 Å². The van der Waals surface area contributed by atoms with E-state index in [-0.39, 0.29) is 0 Å². The summed E-state index contributed by atoms with van der Waals surface area (Å²) in [6.45, 7) is 0. The first-order chi connectivity index (χ1) is 15.2. The molecule has 0 saturated heterocycles. The number of pyridine rings is 3. The Morgan fingerprint density at radius 3 is 1.97 bits per heavy atom. The molecule has 0 aliphatic heterocycles. The maximum atomic E-state index is 4.94. The molecule has 3 nitrogen and oxygen atoms in total. The van der Waals surface area contributed by atoms with Gasteiger partial charge in [-0.05, 0) is 36.4 Å². The van der Waals surface area contributed by atoms with Gasteiger partial charge < -0.3 is 0 Å². The number of hydrogen-bond acceptors (Lipinski definition) is 3. The van der Waals surface area contributed by atoms with Gasteiger partial charge in [-0.3, -0.25) is 4.98 Å². The van der Waals surface area contributed by atoms with Crippen molar-refractivity contribution in [2.24, 2.45) is 0 Å². The van der Waals surface area contributed by atoms with E-state index in [2.05, 4.69) is 93.7 Å². The van der Waals surface area contributed by atoms with Crippen molar-refractivity contribution in [1.29, 1.82) is 0 Å². The van der Waals surface area contributed by atoms with Gasteiger partial charge in [0.05, 0.1) is 27.9 Å². The smallest absolute Gasteiger partial charge is 0.0972 e. The van der Waals surface area contributed by atoms with E-state index >= 15 is 0 Å². The molecule has 0 atom stereocenters. The number of hydrogen-bond donors (Lipinski definition) is 0. The van der Waals surface area contributed by atoms with Crippen LogP contribution in [0.4, 0.5) is 0 Å². The van der Waals surface area contributed by atoms with Gasteiger partial charge in [-0.1, -0.05) is 70.5 Å². The fraction of sp³-hybridized carbons (Fsp3) is 0. The summed E-state index contributed by atoms with van der Waals surface area (Å²) >= 11 is 3.52. The van der Waals surface area contributed by atoms with Crippen LogP contribution in [0.1, 0.15) is 0 Å². The van der Waals surface area contributed by atoms with Crippen LogP contribution >= 0.6 is 15.9 Å². The Morgan fingerprint density at radius 1 is 0.548 bits per heavy atom. The maximum absolute atomic E-state index is 4.94. The van der Waals surface area contributed by atoms with Crippen LogP contribution in [0.25, 0.3) is 55.2 Å². The van der Waals surface area contributed by atoms with Gasteiger partial charge >= 0.3 is 0 Å². The number of aromatic nitrogens is 3. The monoisotopic (exact) mass is 461 g/mol. The summed E-state index contributed by atoms with van der Waals surface area (Å²) in [6, 6.07) is 31.1. The summed E-state index contributed by atoms with van der Waals surface area (Å²) in [5.41, 5.74) is 6.91. The Kier molecular flexibility index (Phi) is 4.25. The van der Waals surface area contributed by atoms with Crippen LogP contribution in [0.5, 0.6) is 0 Å². The molecular formula is C27H16BrN3. The van der Waals surface area contributed by atoms with Crippen molar-refractivity contribution in [1.82, 2.24) is 15.0 Å². The third-order valence-corrected chi connectivity index (χ3v) is 6.05. The van der Waals surface area contributed by atoms with Gasteiger partial charge in [-0.15, -0.1) is 0 Å². The molecule has 3 aromatic carbocycles. The van der Waals surface area contributed by atoms with Gasteiger partial charge in [0.25, 0.3) is 0 Å². The van der Waals surface area contributed by atoms with Crippen LogP contribution in [0.15, 0.2) is 102 Å². The zero-order chi connectivity index (χ0) is 20.8. The van der Waals surface area contributed by atoms with Gasteiger partial charge in [0.2, 0.25) is 0 Å². The zero-order valence-electron chi connectivity index (χ0n) is 16.5. The fourth-order valence-electron chi connectivity index (χ4n) is 3.95. The summed E-state index contributed by atoms with van der Waals surface area (Å²) < 4.78 is 1.06. The molecule has 31 heavy (non-hydrogen) atoms. The highest BCUT2D eigenvalue weighted by atomic mass is 79.9. The van der Waals surface area contributed by atoms with Crippen LogP contribution in [-0.2, 0) is 0 Å². The lowest BCUT2D eigenvalue weighted by Crippen LogP contribution is -1.89. The van der Waals surface area contributed by atoms with E-state index in [1.807, 2.05) is 24.4 Å². The molecule has 6 aromatic rings. The van der Waals surface area contributed by atoms with E-state index in [9.17, 15) is 0 Å². The predicted molar refractivity (Wildman–Crippen MR) is 131 cm³/mol. The van der Waals surface area contributed by atoms with Crippen molar-refractivity contribution in [3.8, 4) is 22.5 Å². The number of nitrogens with zero attached hydrogens (tertiary/aromatic N) is 3. The van der Waals surface area contributed by atoms with E-state index < -0.39 is 0 Å². The largest absolute Gasteiger partial charge is 0.254 e. The van der Waals surface area contributed by atoms with E-state index in [0.29, 0.717) is 0 Å². The third kappa shape index (κ3) is 3.25. The first kappa shape index (κ1) is 18.2. The molecule has 3 aromatic heterocycles. The summed E-state index contributed by atoms with van der Waals surface area (Å²) in [5, 5.41) is 3.32. The maximum Gasteiger partial charge on any atom is 0.0972 e. The van der Waals surface area contributed by atoms with Gasteiger partial charge in [0.1, 0.15) is 0 Å². The first-order valence-corrected chi connectivity index (χ1v) is 10.9. The highest BCUT2D eigenvalue weighted by Crippen LogP contribution is 2.28. The minimum Gasteiger partial charge on any atom is -0.254 e. The van der Waals surface area contributed by atoms with Gasteiger partial charge in [-0.2, -0.15) is 0 Å². The molecule has 0 spiro atoms. The third-order valence-electron chi connectivity index (χ3n) is 5.56. The minimum absolute atomic E-state index is 0.932. The molecule has 0 aliphatic carbocycles. The molecule has 0 unspecified atom stereocenters. The predicted octanol–water partition coefficient (Wildman–Crippen LogP) is 7.43. The van der Waals surface area contributed by atoms with Crippen molar-refractivity contribution in [3.63, 3.8) is 0 Å². The summed E-state index contributed by atoms with van der Waals surface area (Å²) in [6.07, 6.45) is 1.82. The second-order valence-corrected chi connectivity index (χ2v) is 8.44. The summed E-state index contributed by atoms with van der Waals surface area (Å²) in [5.74, 6) is 0. The SMILES string of the molecule is Brc1ccc2nc(-c3ccc(-c4ccc5ccc6cccnc6c5n4)cc3)ccc2c1. The summed E-state index contributed by atoms with van der Waals surface area (Å²) in [4.78, 5) is 14.3. The Balaban J connectivity index is 1.40. The minimum atomic E-state index is 0.932. The molecule has 4 heteroatoms. The molecule has 146 valence electrons. The Morgan fingerprint density at radius 2 is 1.19 bits per heavy atom. The van der Waals surface area contributed by atoms with Crippen molar-refractivity contribution < 1.29 is 0 Å². The molecule has 0 radical (unpaired) electrons. The normalized spacial score (nSPS) is 11.4. The quantitative estimate of drug-likeness (QED) is 0.251. The standard InChI is InChI=1S/C27H16BrN3/c28-22-11-14-25-21(16-22)10-13-23(30-25)17-3-5-18(6-4-17)24-12-9-20-8-7-19-2-1-15-29-26(19)27(20)31-24/h1-16H. The van der Waals surface area contributed by atoms with E-state index in [4.69, 9.17) is 9.97 Å². The molecule has 3 heterocycles. The molecule has 0 amide bonds. The Hall–Kier alpha value is -3.63. The number of halogens is 1. The number of fused-ring (bicyclic) bond motifs is 4. The van der Waals surface area contributed by atoms with Gasteiger partial charge in [-0.25, -0.2) is 9.97 Å². The zero-order valence-corrected chi connectivity index (χ0v) is 18.0. The van der Waals surface area contributed by atoms with Gasteiger partial charge in [0.15, 0.2) is 0 Å². The highest BCUT2D eigenvalue weighted by molar-refractivity contribution is 9.10. The van der Waals surface area contributed by atoms with E-state index in [0.717, 1.165) is 59.7 Å². The Labute approximate surface area is 187 Å². The van der Waals surface area contributed by atoms with E-state index in [1.54, 1.807) is 0 Å². The molecule has 0 bridgehead atoms. The average molecular weight is 462 g/mol. The number of benzene rings is 3. The van der Waals surface area contributed by atoms with Crippen molar-refractivity contribution in [3.05, 3.63) is 102 Å². The molecule has 0 saturated carbocycles.